The Morgan fingerprint density at radius 3 is 2.88 bits per heavy atom. The van der Waals surface area contributed by atoms with E-state index in [0.717, 1.165) is 4.47 Å². The Labute approximate surface area is 101 Å². The molecule has 1 unspecified atom stereocenters. The summed E-state index contributed by atoms with van der Waals surface area (Å²) in [5.74, 6) is -0.431. The number of nitrogens with zero attached hydrogens (tertiary/aromatic N) is 2. The molecule has 0 aliphatic rings. The van der Waals surface area contributed by atoms with Gasteiger partial charge in [-0.15, -0.1) is 0 Å². The minimum atomic E-state index is -0.994. The first-order valence-corrected chi connectivity index (χ1v) is 5.49. The Kier molecular flexibility index (Phi) is 3.07. The van der Waals surface area contributed by atoms with Gasteiger partial charge in [0, 0.05) is 28.8 Å². The first-order valence-electron chi connectivity index (χ1n) is 4.69. The third kappa shape index (κ3) is 2.15. The fraction of sp³-hybridized carbons (Fsp3) is 0.182. The van der Waals surface area contributed by atoms with Gasteiger partial charge in [0.2, 0.25) is 0 Å². The summed E-state index contributed by atoms with van der Waals surface area (Å²) in [5.41, 5.74) is 0.807. The molecule has 0 radical (unpaired) electrons. The zero-order chi connectivity index (χ0) is 11.7. The predicted molar refractivity (Wildman–Crippen MR) is 61.4 cm³/mol. The topological polar surface area (TPSA) is 38.0 Å². The summed E-state index contributed by atoms with van der Waals surface area (Å²) in [6.07, 6.45) is 2.18. The molecule has 1 aromatic heterocycles. The lowest BCUT2D eigenvalue weighted by molar-refractivity contribution is 0.215. The highest BCUT2D eigenvalue weighted by molar-refractivity contribution is 9.10. The number of aryl methyl sites for hydroxylation is 1. The molecular formula is C11H10BrFN2O. The van der Waals surface area contributed by atoms with Crippen LogP contribution in [-0.2, 0) is 7.05 Å². The van der Waals surface area contributed by atoms with Crippen molar-refractivity contribution in [3.8, 4) is 0 Å². The summed E-state index contributed by atoms with van der Waals surface area (Å²) in [7, 11) is 1.74. The Morgan fingerprint density at radius 1 is 1.50 bits per heavy atom. The van der Waals surface area contributed by atoms with E-state index in [0.29, 0.717) is 5.56 Å². The van der Waals surface area contributed by atoms with Crippen LogP contribution in [0.3, 0.4) is 0 Å². The van der Waals surface area contributed by atoms with Gasteiger partial charge >= 0.3 is 0 Å². The Balaban J connectivity index is 2.40. The minimum Gasteiger partial charge on any atom is -0.383 e. The molecule has 1 aromatic carbocycles. The van der Waals surface area contributed by atoms with Gasteiger partial charge in [-0.1, -0.05) is 15.9 Å². The molecule has 1 N–H and O–H groups in total. The lowest BCUT2D eigenvalue weighted by Crippen LogP contribution is -2.01. The summed E-state index contributed by atoms with van der Waals surface area (Å²) < 4.78 is 15.8. The van der Waals surface area contributed by atoms with Gasteiger partial charge in [-0.25, -0.2) is 4.39 Å². The van der Waals surface area contributed by atoms with Crippen molar-refractivity contribution in [2.45, 2.75) is 6.10 Å². The Bertz CT molecular complexity index is 512. The maximum Gasteiger partial charge on any atom is 0.129 e. The lowest BCUT2D eigenvalue weighted by Gasteiger charge is -2.10. The van der Waals surface area contributed by atoms with E-state index in [4.69, 9.17) is 0 Å². The maximum atomic E-state index is 13.5. The van der Waals surface area contributed by atoms with Crippen LogP contribution in [-0.4, -0.2) is 14.9 Å². The minimum absolute atomic E-state index is 0.238. The standard InChI is InChI=1S/C11H10BrFN2O/c1-15-6-7(5-14-15)11(16)9-4-8(12)2-3-10(9)13/h2-6,11,16H,1H3. The zero-order valence-corrected chi connectivity index (χ0v) is 10.1. The molecule has 84 valence electrons. The van der Waals surface area contributed by atoms with Crippen molar-refractivity contribution in [2.24, 2.45) is 7.05 Å². The molecule has 0 saturated carbocycles. The van der Waals surface area contributed by atoms with Crippen LogP contribution in [0.4, 0.5) is 4.39 Å². The highest BCUT2D eigenvalue weighted by Gasteiger charge is 2.16. The smallest absolute Gasteiger partial charge is 0.129 e. The summed E-state index contributed by atoms with van der Waals surface area (Å²) in [6, 6.07) is 4.47. The molecule has 5 heteroatoms. The van der Waals surface area contributed by atoms with Crippen LogP contribution in [0.1, 0.15) is 17.2 Å². The van der Waals surface area contributed by atoms with Crippen molar-refractivity contribution >= 4 is 15.9 Å². The Hall–Kier alpha value is -1.20. The first kappa shape index (κ1) is 11.3. The maximum absolute atomic E-state index is 13.5. The largest absolute Gasteiger partial charge is 0.383 e. The normalized spacial score (nSPS) is 12.8. The van der Waals surface area contributed by atoms with Crippen LogP contribution >= 0.6 is 15.9 Å². The zero-order valence-electron chi connectivity index (χ0n) is 8.56. The molecule has 3 nitrogen and oxygen atoms in total. The predicted octanol–water partition coefficient (Wildman–Crippen LogP) is 2.40. The van der Waals surface area contributed by atoms with Crippen LogP contribution in [0.15, 0.2) is 35.1 Å². The van der Waals surface area contributed by atoms with Crippen molar-refractivity contribution in [2.75, 3.05) is 0 Å². The number of rotatable bonds is 2. The number of aromatic nitrogens is 2. The molecule has 2 aromatic rings. The highest BCUT2D eigenvalue weighted by Crippen LogP contribution is 2.26. The van der Waals surface area contributed by atoms with Gasteiger partial charge in [-0.2, -0.15) is 5.10 Å². The fourth-order valence-electron chi connectivity index (χ4n) is 1.49. The van der Waals surface area contributed by atoms with Gasteiger partial charge in [0.05, 0.1) is 6.20 Å². The van der Waals surface area contributed by atoms with E-state index in [-0.39, 0.29) is 5.56 Å². The van der Waals surface area contributed by atoms with Crippen LogP contribution < -0.4 is 0 Å². The van der Waals surface area contributed by atoms with Gasteiger partial charge in [0.25, 0.3) is 0 Å². The number of hydrogen-bond donors (Lipinski definition) is 1. The second-order valence-corrected chi connectivity index (χ2v) is 4.43. The number of aliphatic hydroxyl groups is 1. The second-order valence-electron chi connectivity index (χ2n) is 3.52. The molecule has 16 heavy (non-hydrogen) atoms. The molecule has 1 atom stereocenters. The van der Waals surface area contributed by atoms with E-state index < -0.39 is 11.9 Å². The molecule has 0 aliphatic carbocycles. The molecular weight excluding hydrogens is 275 g/mol. The highest BCUT2D eigenvalue weighted by atomic mass is 79.9. The van der Waals surface area contributed by atoms with E-state index in [1.54, 1.807) is 30.1 Å². The molecule has 0 amide bonds. The third-order valence-electron chi connectivity index (χ3n) is 2.29. The van der Waals surface area contributed by atoms with E-state index in [1.165, 1.54) is 12.3 Å². The molecule has 0 bridgehead atoms. The molecule has 1 heterocycles. The van der Waals surface area contributed by atoms with Gasteiger partial charge in [0.1, 0.15) is 11.9 Å². The lowest BCUT2D eigenvalue weighted by atomic mass is 10.0. The monoisotopic (exact) mass is 284 g/mol. The van der Waals surface area contributed by atoms with Gasteiger partial charge in [-0.3, -0.25) is 4.68 Å². The summed E-state index contributed by atoms with van der Waals surface area (Å²) in [6.45, 7) is 0. The van der Waals surface area contributed by atoms with Crippen molar-refractivity contribution in [3.63, 3.8) is 0 Å². The summed E-state index contributed by atoms with van der Waals surface area (Å²) >= 11 is 3.24. The number of aliphatic hydroxyl groups excluding tert-OH is 1. The third-order valence-corrected chi connectivity index (χ3v) is 2.79. The van der Waals surface area contributed by atoms with Gasteiger partial charge in [0.15, 0.2) is 0 Å². The van der Waals surface area contributed by atoms with E-state index in [2.05, 4.69) is 21.0 Å². The SMILES string of the molecule is Cn1cc(C(O)c2cc(Br)ccc2F)cn1. The van der Waals surface area contributed by atoms with E-state index >= 15 is 0 Å². The van der Waals surface area contributed by atoms with Crippen LogP contribution in [0.2, 0.25) is 0 Å². The molecule has 0 fully saturated rings. The number of benzene rings is 1. The van der Waals surface area contributed by atoms with Crippen molar-refractivity contribution in [1.29, 1.82) is 0 Å². The quantitative estimate of drug-likeness (QED) is 0.920. The number of hydrogen-bond acceptors (Lipinski definition) is 2. The summed E-state index contributed by atoms with van der Waals surface area (Å²) in [4.78, 5) is 0. The van der Waals surface area contributed by atoms with Crippen molar-refractivity contribution in [1.82, 2.24) is 9.78 Å². The number of halogens is 2. The first-order chi connectivity index (χ1) is 7.58. The van der Waals surface area contributed by atoms with E-state index in [9.17, 15) is 9.50 Å². The average molecular weight is 285 g/mol. The van der Waals surface area contributed by atoms with Crippen LogP contribution in [0.25, 0.3) is 0 Å². The van der Waals surface area contributed by atoms with Crippen molar-refractivity contribution in [3.05, 3.63) is 52.0 Å². The van der Waals surface area contributed by atoms with Gasteiger partial charge in [-0.05, 0) is 18.2 Å². The molecule has 0 saturated heterocycles. The second kappa shape index (κ2) is 4.35. The molecule has 0 aliphatic heterocycles. The molecule has 0 spiro atoms. The van der Waals surface area contributed by atoms with Crippen molar-refractivity contribution < 1.29 is 9.50 Å². The Morgan fingerprint density at radius 2 is 2.25 bits per heavy atom. The van der Waals surface area contributed by atoms with Crippen LogP contribution in [0, 0.1) is 5.82 Å². The molecule has 2 rings (SSSR count). The fourth-order valence-corrected chi connectivity index (χ4v) is 1.86. The van der Waals surface area contributed by atoms with Gasteiger partial charge < -0.3 is 5.11 Å². The van der Waals surface area contributed by atoms with Crippen LogP contribution in [0.5, 0.6) is 0 Å². The average Bonchev–Trinajstić information content (AvgIpc) is 2.67. The summed E-state index contributed by atoms with van der Waals surface area (Å²) in [5, 5.41) is 13.9. The van der Waals surface area contributed by atoms with E-state index in [1.807, 2.05) is 0 Å².